The van der Waals surface area contributed by atoms with Crippen LogP contribution in [0.5, 0.6) is 0 Å². The van der Waals surface area contributed by atoms with E-state index in [0.29, 0.717) is 18.0 Å². The molecule has 0 aliphatic rings. The Balaban J connectivity index is 2.12. The number of aliphatic hydroxyl groups excluding tert-OH is 1. The summed E-state index contributed by atoms with van der Waals surface area (Å²) in [5.74, 6) is 0.501. The van der Waals surface area contributed by atoms with Crippen LogP contribution in [-0.4, -0.2) is 16.0 Å². The smallest absolute Gasteiger partial charge is 0.166 e. The first-order chi connectivity index (χ1) is 7.31. The maximum Gasteiger partial charge on any atom is 0.166 e. The summed E-state index contributed by atoms with van der Waals surface area (Å²) in [4.78, 5) is 10.6. The Morgan fingerprint density at radius 2 is 2.33 bits per heavy atom. The molecule has 4 heteroatoms. The fourth-order valence-corrected chi connectivity index (χ4v) is 1.46. The molecule has 0 bridgehead atoms. The van der Waals surface area contributed by atoms with E-state index < -0.39 is 6.10 Å². The Labute approximate surface area is 86.8 Å². The highest BCUT2D eigenvalue weighted by Gasteiger charge is 2.12. The fraction of sp³-hybridized carbons (Fsp3) is 0.182. The van der Waals surface area contributed by atoms with Gasteiger partial charge in [0.2, 0.25) is 0 Å². The van der Waals surface area contributed by atoms with E-state index in [1.807, 2.05) is 0 Å². The summed E-state index contributed by atoms with van der Waals surface area (Å²) >= 11 is 0. The molecule has 0 aromatic carbocycles. The van der Waals surface area contributed by atoms with Gasteiger partial charge in [-0.05, 0) is 24.3 Å². The summed E-state index contributed by atoms with van der Waals surface area (Å²) in [5, 5.41) is 9.77. The lowest BCUT2D eigenvalue weighted by Crippen LogP contribution is -2.09. The van der Waals surface area contributed by atoms with Gasteiger partial charge < -0.3 is 14.1 Å². The van der Waals surface area contributed by atoms with E-state index in [-0.39, 0.29) is 0 Å². The summed E-state index contributed by atoms with van der Waals surface area (Å²) in [6.45, 7) is 0.314. The van der Waals surface area contributed by atoms with Gasteiger partial charge in [0.05, 0.1) is 18.5 Å². The predicted octanol–water partition coefficient (Wildman–Crippen LogP) is 1.63. The lowest BCUT2D eigenvalue weighted by molar-refractivity contribution is 0.109. The van der Waals surface area contributed by atoms with Crippen LogP contribution in [0, 0.1) is 0 Å². The molecule has 0 aliphatic heterocycles. The van der Waals surface area contributed by atoms with Crippen LogP contribution < -0.4 is 0 Å². The van der Waals surface area contributed by atoms with Crippen LogP contribution in [0.25, 0.3) is 0 Å². The van der Waals surface area contributed by atoms with Gasteiger partial charge in [0, 0.05) is 6.20 Å². The normalized spacial score (nSPS) is 12.6. The second kappa shape index (κ2) is 4.14. The third kappa shape index (κ3) is 1.99. The van der Waals surface area contributed by atoms with Crippen LogP contribution in [0.15, 0.2) is 41.1 Å². The van der Waals surface area contributed by atoms with Crippen LogP contribution in [0.1, 0.15) is 22.4 Å². The van der Waals surface area contributed by atoms with Crippen molar-refractivity contribution in [2.24, 2.45) is 0 Å². The highest BCUT2D eigenvalue weighted by molar-refractivity contribution is 5.72. The highest BCUT2D eigenvalue weighted by atomic mass is 16.4. The second-order valence-corrected chi connectivity index (χ2v) is 3.23. The lowest BCUT2D eigenvalue weighted by Gasteiger charge is -2.10. The Hall–Kier alpha value is -1.81. The van der Waals surface area contributed by atoms with Crippen molar-refractivity contribution >= 4 is 6.29 Å². The van der Waals surface area contributed by atoms with Crippen molar-refractivity contribution in [3.8, 4) is 0 Å². The van der Waals surface area contributed by atoms with Gasteiger partial charge in [0.1, 0.15) is 11.9 Å². The molecule has 2 aromatic heterocycles. The molecule has 4 nitrogen and oxygen atoms in total. The van der Waals surface area contributed by atoms with Gasteiger partial charge in [-0.3, -0.25) is 4.79 Å². The molecular weight excluding hydrogens is 194 g/mol. The molecule has 1 N–H and O–H groups in total. The van der Waals surface area contributed by atoms with Gasteiger partial charge in [-0.15, -0.1) is 0 Å². The first-order valence-electron chi connectivity index (χ1n) is 4.63. The fourth-order valence-electron chi connectivity index (χ4n) is 1.46. The molecule has 0 amide bonds. The number of hydrogen-bond acceptors (Lipinski definition) is 3. The Morgan fingerprint density at radius 1 is 1.47 bits per heavy atom. The average molecular weight is 205 g/mol. The molecule has 78 valence electrons. The Morgan fingerprint density at radius 3 is 3.00 bits per heavy atom. The van der Waals surface area contributed by atoms with E-state index in [1.54, 1.807) is 35.0 Å². The summed E-state index contributed by atoms with van der Waals surface area (Å²) < 4.78 is 6.75. The van der Waals surface area contributed by atoms with Crippen molar-refractivity contribution < 1.29 is 14.3 Å². The average Bonchev–Trinajstić information content (AvgIpc) is 2.87. The molecule has 1 atom stereocenters. The zero-order valence-electron chi connectivity index (χ0n) is 8.04. The van der Waals surface area contributed by atoms with Gasteiger partial charge in [-0.2, -0.15) is 0 Å². The number of carbonyl (C=O) groups is 1. The topological polar surface area (TPSA) is 55.4 Å². The van der Waals surface area contributed by atoms with Crippen LogP contribution in [0.2, 0.25) is 0 Å². The van der Waals surface area contributed by atoms with E-state index >= 15 is 0 Å². The third-order valence-corrected chi connectivity index (χ3v) is 2.23. The molecule has 0 saturated carbocycles. The Kier molecular flexibility index (Phi) is 2.69. The maximum atomic E-state index is 10.6. The van der Waals surface area contributed by atoms with E-state index in [4.69, 9.17) is 4.42 Å². The first kappa shape index (κ1) is 9.73. The monoisotopic (exact) mass is 205 g/mol. The number of aliphatic hydroxyl groups is 1. The minimum atomic E-state index is -0.730. The Bertz CT molecular complexity index is 430. The van der Waals surface area contributed by atoms with E-state index in [2.05, 4.69) is 0 Å². The van der Waals surface area contributed by atoms with Gasteiger partial charge >= 0.3 is 0 Å². The molecule has 2 aromatic rings. The van der Waals surface area contributed by atoms with Gasteiger partial charge in [-0.1, -0.05) is 0 Å². The van der Waals surface area contributed by atoms with Crippen molar-refractivity contribution in [2.75, 3.05) is 0 Å². The SMILES string of the molecule is O=Cc1cccn1CC(O)c1ccco1. The number of hydrogen-bond donors (Lipinski definition) is 1. The largest absolute Gasteiger partial charge is 0.467 e. The highest BCUT2D eigenvalue weighted by Crippen LogP contribution is 2.16. The molecule has 15 heavy (non-hydrogen) atoms. The number of carbonyl (C=O) groups excluding carboxylic acids is 1. The number of furan rings is 1. The minimum absolute atomic E-state index is 0.314. The quantitative estimate of drug-likeness (QED) is 0.772. The molecule has 2 rings (SSSR count). The van der Waals surface area contributed by atoms with E-state index in [0.717, 1.165) is 6.29 Å². The summed E-state index contributed by atoms with van der Waals surface area (Å²) in [5.41, 5.74) is 0.542. The van der Waals surface area contributed by atoms with Crippen molar-refractivity contribution in [3.63, 3.8) is 0 Å². The molecule has 0 radical (unpaired) electrons. The molecular formula is C11H11NO3. The van der Waals surface area contributed by atoms with Crippen LogP contribution >= 0.6 is 0 Å². The number of aldehydes is 1. The zero-order chi connectivity index (χ0) is 10.7. The maximum absolute atomic E-state index is 10.6. The molecule has 2 heterocycles. The standard InChI is InChI=1S/C11H11NO3/c13-8-9-3-1-5-12(9)7-10(14)11-4-2-6-15-11/h1-6,8,10,14H,7H2. The van der Waals surface area contributed by atoms with Crippen molar-refractivity contribution in [1.29, 1.82) is 0 Å². The molecule has 1 unspecified atom stereocenters. The summed E-state index contributed by atoms with van der Waals surface area (Å²) in [6.07, 6.45) is 3.28. The first-order valence-corrected chi connectivity index (χ1v) is 4.63. The van der Waals surface area contributed by atoms with Gasteiger partial charge in [0.15, 0.2) is 6.29 Å². The van der Waals surface area contributed by atoms with Crippen molar-refractivity contribution in [1.82, 2.24) is 4.57 Å². The minimum Gasteiger partial charge on any atom is -0.467 e. The van der Waals surface area contributed by atoms with Crippen molar-refractivity contribution in [3.05, 3.63) is 48.2 Å². The molecule has 0 fully saturated rings. The predicted molar refractivity (Wildman–Crippen MR) is 53.5 cm³/mol. The molecule has 0 aliphatic carbocycles. The number of rotatable bonds is 4. The summed E-state index contributed by atoms with van der Waals surface area (Å²) in [6, 6.07) is 6.88. The molecule has 0 spiro atoms. The van der Waals surface area contributed by atoms with Crippen LogP contribution in [0.3, 0.4) is 0 Å². The van der Waals surface area contributed by atoms with Crippen molar-refractivity contribution in [2.45, 2.75) is 12.6 Å². The van der Waals surface area contributed by atoms with Crippen LogP contribution in [0.4, 0.5) is 0 Å². The van der Waals surface area contributed by atoms with E-state index in [1.165, 1.54) is 6.26 Å². The summed E-state index contributed by atoms with van der Waals surface area (Å²) in [7, 11) is 0. The number of nitrogens with zero attached hydrogens (tertiary/aromatic N) is 1. The van der Waals surface area contributed by atoms with Crippen LogP contribution in [-0.2, 0) is 6.54 Å². The lowest BCUT2D eigenvalue weighted by atomic mass is 10.2. The second-order valence-electron chi connectivity index (χ2n) is 3.23. The zero-order valence-corrected chi connectivity index (χ0v) is 8.04. The van der Waals surface area contributed by atoms with Gasteiger partial charge in [-0.25, -0.2) is 0 Å². The third-order valence-electron chi connectivity index (χ3n) is 2.23. The van der Waals surface area contributed by atoms with Gasteiger partial charge in [0.25, 0.3) is 0 Å². The number of aromatic nitrogens is 1. The van der Waals surface area contributed by atoms with E-state index in [9.17, 15) is 9.90 Å². The molecule has 0 saturated heterocycles.